The standard InChI is InChI=1S/C26H34ClFN6O4/c1-26(2,3)38-25(37)32-22(16-6-4-5-7-16)24(36)33-13-19(28)11-21(33)23(35)30-12-17-10-18(27)8-9-20(17)34-15-29-14-31-34/h8-10,14-16,19,21-22H,4-7,11-13H2,1-3H3,(H,30,35)(H,32,37)/t19-,21?,22-/m1/s1. The molecule has 2 aromatic rings. The van der Waals surface area contributed by atoms with Crippen molar-refractivity contribution in [3.8, 4) is 5.69 Å². The second-order valence-corrected chi connectivity index (χ2v) is 11.3. The first-order valence-electron chi connectivity index (χ1n) is 12.9. The Morgan fingerprint density at radius 1 is 1.24 bits per heavy atom. The highest BCUT2D eigenvalue weighted by Gasteiger charge is 2.44. The van der Waals surface area contributed by atoms with Gasteiger partial charge in [-0.3, -0.25) is 9.59 Å². The molecule has 2 fully saturated rings. The van der Waals surface area contributed by atoms with Gasteiger partial charge in [0.15, 0.2) is 0 Å². The minimum atomic E-state index is -1.35. The highest BCUT2D eigenvalue weighted by Crippen LogP contribution is 2.31. The van der Waals surface area contributed by atoms with Gasteiger partial charge in [-0.15, -0.1) is 0 Å². The molecular weight excluding hydrogens is 515 g/mol. The van der Waals surface area contributed by atoms with Crippen LogP contribution in [0.2, 0.25) is 5.02 Å². The van der Waals surface area contributed by atoms with E-state index < -0.39 is 41.8 Å². The van der Waals surface area contributed by atoms with Gasteiger partial charge in [0.2, 0.25) is 11.8 Å². The molecule has 1 aliphatic carbocycles. The summed E-state index contributed by atoms with van der Waals surface area (Å²) < 4.78 is 21.5. The Balaban J connectivity index is 1.48. The molecule has 2 heterocycles. The van der Waals surface area contributed by atoms with Gasteiger partial charge in [0, 0.05) is 18.0 Å². The third kappa shape index (κ3) is 6.80. The molecule has 12 heteroatoms. The van der Waals surface area contributed by atoms with Crippen LogP contribution in [-0.4, -0.2) is 68.0 Å². The predicted octanol–water partition coefficient (Wildman–Crippen LogP) is 3.56. The average molecular weight is 549 g/mol. The highest BCUT2D eigenvalue weighted by atomic mass is 35.5. The first-order chi connectivity index (χ1) is 18.0. The highest BCUT2D eigenvalue weighted by molar-refractivity contribution is 6.30. The lowest BCUT2D eigenvalue weighted by Crippen LogP contribution is -2.56. The summed E-state index contributed by atoms with van der Waals surface area (Å²) in [4.78, 5) is 44.7. The molecule has 1 aliphatic heterocycles. The first-order valence-corrected chi connectivity index (χ1v) is 13.2. The zero-order valence-electron chi connectivity index (χ0n) is 21.8. The molecule has 2 N–H and O–H groups in total. The molecular formula is C26H34ClFN6O4. The van der Waals surface area contributed by atoms with Crippen molar-refractivity contribution in [2.45, 2.75) is 83.3 Å². The molecule has 1 unspecified atom stereocenters. The minimum absolute atomic E-state index is 0.0896. The van der Waals surface area contributed by atoms with Gasteiger partial charge in [0.05, 0.1) is 12.2 Å². The van der Waals surface area contributed by atoms with Crippen LogP contribution in [0.4, 0.5) is 9.18 Å². The van der Waals surface area contributed by atoms with Gasteiger partial charge in [-0.25, -0.2) is 18.9 Å². The fraction of sp³-hybridized carbons (Fsp3) is 0.577. The predicted molar refractivity (Wildman–Crippen MR) is 138 cm³/mol. The van der Waals surface area contributed by atoms with E-state index in [1.807, 2.05) is 0 Å². The molecule has 4 rings (SSSR count). The molecule has 1 aromatic carbocycles. The van der Waals surface area contributed by atoms with Gasteiger partial charge in [0.1, 0.15) is 36.5 Å². The monoisotopic (exact) mass is 548 g/mol. The lowest BCUT2D eigenvalue weighted by Gasteiger charge is -2.32. The Morgan fingerprint density at radius 2 is 1.97 bits per heavy atom. The van der Waals surface area contributed by atoms with Crippen molar-refractivity contribution in [1.82, 2.24) is 30.3 Å². The van der Waals surface area contributed by atoms with Crippen LogP contribution < -0.4 is 10.6 Å². The van der Waals surface area contributed by atoms with E-state index in [-0.39, 0.29) is 25.4 Å². The van der Waals surface area contributed by atoms with Crippen molar-refractivity contribution in [3.05, 3.63) is 41.4 Å². The van der Waals surface area contributed by atoms with Gasteiger partial charge in [-0.1, -0.05) is 24.4 Å². The smallest absolute Gasteiger partial charge is 0.408 e. The molecule has 0 spiro atoms. The number of hydrogen-bond acceptors (Lipinski definition) is 6. The van der Waals surface area contributed by atoms with Crippen LogP contribution in [0.15, 0.2) is 30.9 Å². The van der Waals surface area contributed by atoms with Crippen LogP contribution in [0.1, 0.15) is 58.4 Å². The fourth-order valence-corrected chi connectivity index (χ4v) is 5.31. The maximum absolute atomic E-state index is 14.6. The number of aromatic nitrogens is 3. The maximum atomic E-state index is 14.6. The van der Waals surface area contributed by atoms with Crippen LogP contribution in [0.25, 0.3) is 5.69 Å². The Bertz CT molecular complexity index is 1150. The number of hydrogen-bond donors (Lipinski definition) is 2. The zero-order chi connectivity index (χ0) is 27.4. The molecule has 0 bridgehead atoms. The Hall–Kier alpha value is -3.21. The summed E-state index contributed by atoms with van der Waals surface area (Å²) in [6.45, 7) is 5.09. The molecule has 38 heavy (non-hydrogen) atoms. The number of rotatable bonds is 7. The minimum Gasteiger partial charge on any atom is -0.444 e. The fourth-order valence-electron chi connectivity index (χ4n) is 5.11. The number of nitrogens with zero attached hydrogens (tertiary/aromatic N) is 4. The number of amides is 3. The summed E-state index contributed by atoms with van der Waals surface area (Å²) in [7, 11) is 0. The van der Waals surface area contributed by atoms with Gasteiger partial charge >= 0.3 is 6.09 Å². The van der Waals surface area contributed by atoms with E-state index in [0.717, 1.165) is 25.7 Å². The van der Waals surface area contributed by atoms with Crippen molar-refractivity contribution in [2.75, 3.05) is 6.54 Å². The largest absolute Gasteiger partial charge is 0.444 e. The van der Waals surface area contributed by atoms with E-state index in [2.05, 4.69) is 20.7 Å². The third-order valence-corrected chi connectivity index (χ3v) is 7.04. The Kier molecular flexibility index (Phi) is 8.54. The van der Waals surface area contributed by atoms with Crippen molar-refractivity contribution < 1.29 is 23.5 Å². The van der Waals surface area contributed by atoms with Gasteiger partial charge in [-0.2, -0.15) is 5.10 Å². The second-order valence-electron chi connectivity index (χ2n) is 10.8. The molecule has 2 aliphatic rings. The van der Waals surface area contributed by atoms with E-state index in [9.17, 15) is 18.8 Å². The molecule has 1 saturated carbocycles. The van der Waals surface area contributed by atoms with E-state index in [4.69, 9.17) is 16.3 Å². The number of likely N-dealkylation sites (tertiary alicyclic amines) is 1. The van der Waals surface area contributed by atoms with Crippen LogP contribution in [0.5, 0.6) is 0 Å². The number of nitrogens with one attached hydrogen (secondary N) is 2. The van der Waals surface area contributed by atoms with Crippen LogP contribution in [0.3, 0.4) is 0 Å². The van der Waals surface area contributed by atoms with E-state index in [1.54, 1.807) is 43.7 Å². The summed E-state index contributed by atoms with van der Waals surface area (Å²) in [6, 6.07) is 3.27. The SMILES string of the molecule is CC(C)(C)OC(=O)N[C@@H](C(=O)N1C[C@H](F)CC1C(=O)NCc1cc(Cl)ccc1-n1cncn1)C1CCCC1. The van der Waals surface area contributed by atoms with Crippen LogP contribution >= 0.6 is 11.6 Å². The summed E-state index contributed by atoms with van der Waals surface area (Å²) in [5, 5.41) is 10.2. The number of carbonyl (C=O) groups is 3. The zero-order valence-corrected chi connectivity index (χ0v) is 22.6. The summed E-state index contributed by atoms with van der Waals surface area (Å²) >= 11 is 6.18. The molecule has 1 saturated heterocycles. The molecule has 0 radical (unpaired) electrons. The maximum Gasteiger partial charge on any atom is 0.408 e. The Morgan fingerprint density at radius 3 is 2.63 bits per heavy atom. The number of carbonyl (C=O) groups excluding carboxylic acids is 3. The first kappa shape index (κ1) is 27.8. The van der Waals surface area contributed by atoms with Crippen LogP contribution in [-0.2, 0) is 20.9 Å². The lowest BCUT2D eigenvalue weighted by atomic mass is 9.96. The van der Waals surface area contributed by atoms with Gasteiger partial charge in [0.25, 0.3) is 0 Å². The van der Waals surface area contributed by atoms with Crippen molar-refractivity contribution in [3.63, 3.8) is 0 Å². The molecule has 3 atom stereocenters. The second kappa shape index (κ2) is 11.7. The lowest BCUT2D eigenvalue weighted by molar-refractivity contribution is -0.141. The third-order valence-electron chi connectivity index (χ3n) is 6.81. The quantitative estimate of drug-likeness (QED) is 0.546. The summed E-state index contributed by atoms with van der Waals surface area (Å²) in [5.74, 6) is -1.05. The van der Waals surface area contributed by atoms with E-state index >= 15 is 0 Å². The number of halogens is 2. The number of benzene rings is 1. The molecule has 10 nitrogen and oxygen atoms in total. The summed E-state index contributed by atoms with van der Waals surface area (Å²) in [6.07, 6.45) is 4.14. The van der Waals surface area contributed by atoms with E-state index in [0.29, 0.717) is 16.3 Å². The molecule has 1 aromatic heterocycles. The number of ether oxygens (including phenoxy) is 1. The topological polar surface area (TPSA) is 118 Å². The normalized spacial score (nSPS) is 20.8. The van der Waals surface area contributed by atoms with Gasteiger partial charge in [-0.05, 0) is 63.3 Å². The Labute approximate surface area is 226 Å². The van der Waals surface area contributed by atoms with Crippen LogP contribution in [0, 0.1) is 5.92 Å². The molecule has 206 valence electrons. The average Bonchev–Trinajstić information content (AvgIpc) is 3.61. The molecule has 3 amide bonds. The van der Waals surface area contributed by atoms with E-state index in [1.165, 1.54) is 17.6 Å². The van der Waals surface area contributed by atoms with Gasteiger partial charge < -0.3 is 20.3 Å². The van der Waals surface area contributed by atoms with Crippen molar-refractivity contribution in [2.24, 2.45) is 5.92 Å². The number of alkyl carbamates (subject to hydrolysis) is 1. The summed E-state index contributed by atoms with van der Waals surface area (Å²) in [5.41, 5.74) is 0.621. The van der Waals surface area contributed by atoms with Crippen molar-refractivity contribution >= 4 is 29.5 Å². The number of alkyl halides is 1. The van der Waals surface area contributed by atoms with Crippen molar-refractivity contribution in [1.29, 1.82) is 0 Å².